The van der Waals surface area contributed by atoms with Crippen molar-refractivity contribution in [3.05, 3.63) is 24.0 Å². The van der Waals surface area contributed by atoms with E-state index in [9.17, 15) is 9.59 Å². The molecular formula is C18H26N4O3. The van der Waals surface area contributed by atoms with E-state index >= 15 is 0 Å². The van der Waals surface area contributed by atoms with Gasteiger partial charge in [-0.1, -0.05) is 0 Å². The van der Waals surface area contributed by atoms with Gasteiger partial charge in [0.15, 0.2) is 0 Å². The fraction of sp³-hybridized carbons (Fsp3) is 0.611. The third kappa shape index (κ3) is 4.69. The Bertz CT molecular complexity index is 622. The topological polar surface area (TPSA) is 74.8 Å². The number of carbonyl (C=O) groups is 2. The molecule has 0 unspecified atom stereocenters. The van der Waals surface area contributed by atoms with E-state index < -0.39 is 0 Å². The predicted octanol–water partition coefficient (Wildman–Crippen LogP) is 0.907. The summed E-state index contributed by atoms with van der Waals surface area (Å²) in [6.45, 7) is 4.49. The molecule has 2 aliphatic rings. The number of carbonyl (C=O) groups excluding carboxylic acids is 2. The molecule has 0 aliphatic carbocycles. The molecule has 25 heavy (non-hydrogen) atoms. The zero-order valence-electron chi connectivity index (χ0n) is 14.7. The molecule has 3 heterocycles. The summed E-state index contributed by atoms with van der Waals surface area (Å²) in [5, 5.41) is 2.57. The molecule has 3 rings (SSSR count). The number of nitrogens with one attached hydrogen (secondary N) is 1. The van der Waals surface area contributed by atoms with Crippen LogP contribution < -0.4 is 10.1 Å². The van der Waals surface area contributed by atoms with Crippen molar-refractivity contribution in [2.45, 2.75) is 31.8 Å². The van der Waals surface area contributed by atoms with Crippen molar-refractivity contribution in [1.29, 1.82) is 0 Å². The van der Waals surface area contributed by atoms with E-state index in [4.69, 9.17) is 4.74 Å². The smallest absolute Gasteiger partial charge is 0.269 e. The van der Waals surface area contributed by atoms with E-state index in [1.807, 2.05) is 4.90 Å². The van der Waals surface area contributed by atoms with Crippen molar-refractivity contribution in [2.24, 2.45) is 0 Å². The van der Waals surface area contributed by atoms with Crippen molar-refractivity contribution in [1.82, 2.24) is 20.1 Å². The molecule has 1 N–H and O–H groups in total. The maximum Gasteiger partial charge on any atom is 0.269 e. The van der Waals surface area contributed by atoms with E-state index in [1.165, 1.54) is 0 Å². The van der Waals surface area contributed by atoms with Gasteiger partial charge in [0.1, 0.15) is 17.5 Å². The second kappa shape index (κ2) is 8.29. The Kier molecular flexibility index (Phi) is 5.86. The number of piperidine rings is 1. The second-order valence-corrected chi connectivity index (χ2v) is 6.62. The van der Waals surface area contributed by atoms with Gasteiger partial charge in [-0.05, 0) is 31.9 Å². The number of hydrogen-bond acceptors (Lipinski definition) is 5. The van der Waals surface area contributed by atoms with Gasteiger partial charge in [0.2, 0.25) is 5.91 Å². The summed E-state index contributed by atoms with van der Waals surface area (Å²) in [6.07, 6.45) is 5.45. The third-order valence-corrected chi connectivity index (χ3v) is 4.81. The van der Waals surface area contributed by atoms with Crippen LogP contribution in [0.5, 0.6) is 5.75 Å². The number of ether oxygens (including phenoxy) is 1. The first-order valence-corrected chi connectivity index (χ1v) is 9.00. The molecule has 0 spiro atoms. The summed E-state index contributed by atoms with van der Waals surface area (Å²) >= 11 is 0. The van der Waals surface area contributed by atoms with Gasteiger partial charge in [0.05, 0.1) is 0 Å². The first-order valence-electron chi connectivity index (χ1n) is 9.00. The molecule has 0 bridgehead atoms. The number of pyridine rings is 1. The van der Waals surface area contributed by atoms with Gasteiger partial charge in [-0.15, -0.1) is 0 Å². The normalized spacial score (nSPS) is 21.4. The van der Waals surface area contributed by atoms with Crippen molar-refractivity contribution in [3.8, 4) is 5.75 Å². The molecule has 1 atom stereocenters. The zero-order chi connectivity index (χ0) is 17.6. The van der Waals surface area contributed by atoms with Crippen LogP contribution in [0.15, 0.2) is 18.3 Å². The Morgan fingerprint density at radius 2 is 2.24 bits per heavy atom. The Morgan fingerprint density at radius 1 is 1.36 bits per heavy atom. The molecule has 7 nitrogen and oxygen atoms in total. The van der Waals surface area contributed by atoms with Crippen molar-refractivity contribution >= 4 is 11.8 Å². The Morgan fingerprint density at radius 3 is 3.00 bits per heavy atom. The Balaban J connectivity index is 1.51. The quantitative estimate of drug-likeness (QED) is 0.829. The van der Waals surface area contributed by atoms with Gasteiger partial charge in [0, 0.05) is 51.9 Å². The van der Waals surface area contributed by atoms with E-state index in [2.05, 4.69) is 15.2 Å². The van der Waals surface area contributed by atoms with Crippen LogP contribution in [0.3, 0.4) is 0 Å². The lowest BCUT2D eigenvalue weighted by molar-refractivity contribution is -0.127. The van der Waals surface area contributed by atoms with Gasteiger partial charge in [-0.2, -0.15) is 0 Å². The van der Waals surface area contributed by atoms with Gasteiger partial charge in [-0.25, -0.2) is 0 Å². The first kappa shape index (κ1) is 17.7. The molecular weight excluding hydrogens is 320 g/mol. The molecule has 7 heteroatoms. The third-order valence-electron chi connectivity index (χ3n) is 4.81. The highest BCUT2D eigenvalue weighted by molar-refractivity contribution is 5.92. The first-order chi connectivity index (χ1) is 12.2. The highest BCUT2D eigenvalue weighted by Gasteiger charge is 2.24. The Hall–Kier alpha value is -2.15. The second-order valence-electron chi connectivity index (χ2n) is 6.62. The van der Waals surface area contributed by atoms with Crippen LogP contribution >= 0.6 is 0 Å². The van der Waals surface area contributed by atoms with Crippen LogP contribution in [0.1, 0.15) is 36.2 Å². The van der Waals surface area contributed by atoms with Crippen molar-refractivity contribution in [2.75, 3.05) is 39.8 Å². The van der Waals surface area contributed by atoms with Crippen LogP contribution in [0, 0.1) is 0 Å². The SMILES string of the molecule is CNC(=O)c1cc(O[C@H]2CCCN(CCN3CCCC3=O)C2)ccn1. The monoisotopic (exact) mass is 346 g/mol. The molecule has 0 saturated carbocycles. The van der Waals surface area contributed by atoms with E-state index in [1.54, 1.807) is 25.4 Å². The summed E-state index contributed by atoms with van der Waals surface area (Å²) in [6, 6.07) is 3.47. The van der Waals surface area contributed by atoms with Crippen LogP contribution in [0.4, 0.5) is 0 Å². The number of hydrogen-bond donors (Lipinski definition) is 1. The maximum absolute atomic E-state index is 11.7. The van der Waals surface area contributed by atoms with Crippen LogP contribution in [0.25, 0.3) is 0 Å². The minimum Gasteiger partial charge on any atom is -0.489 e. The lowest BCUT2D eigenvalue weighted by Gasteiger charge is -2.33. The molecule has 2 fully saturated rings. The summed E-state index contributed by atoms with van der Waals surface area (Å²) < 4.78 is 6.07. The maximum atomic E-state index is 11.7. The standard InChI is InChI=1S/C18H26N4O3/c1-19-18(24)16-12-14(6-7-20-16)25-15-4-2-8-21(13-15)10-11-22-9-3-5-17(22)23/h6-7,12,15H,2-5,8-11,13H2,1H3,(H,19,24)/t15-/m0/s1. The predicted molar refractivity (Wildman–Crippen MR) is 93.5 cm³/mol. The lowest BCUT2D eigenvalue weighted by atomic mass is 10.1. The lowest BCUT2D eigenvalue weighted by Crippen LogP contribution is -2.44. The minimum atomic E-state index is -0.217. The highest BCUT2D eigenvalue weighted by atomic mass is 16.5. The molecule has 0 aromatic carbocycles. The zero-order valence-corrected chi connectivity index (χ0v) is 14.7. The van der Waals surface area contributed by atoms with Gasteiger partial charge < -0.3 is 15.0 Å². The molecule has 0 radical (unpaired) electrons. The van der Waals surface area contributed by atoms with E-state index in [0.717, 1.165) is 52.0 Å². The summed E-state index contributed by atoms with van der Waals surface area (Å²) in [4.78, 5) is 31.8. The molecule has 2 aliphatic heterocycles. The van der Waals surface area contributed by atoms with Crippen LogP contribution in [-0.4, -0.2) is 72.5 Å². The van der Waals surface area contributed by atoms with Gasteiger partial charge in [-0.3, -0.25) is 19.5 Å². The fourth-order valence-electron chi connectivity index (χ4n) is 3.44. The largest absolute Gasteiger partial charge is 0.489 e. The number of amides is 2. The summed E-state index contributed by atoms with van der Waals surface area (Å²) in [5.41, 5.74) is 0.361. The highest BCUT2D eigenvalue weighted by Crippen LogP contribution is 2.19. The van der Waals surface area contributed by atoms with Crippen molar-refractivity contribution in [3.63, 3.8) is 0 Å². The summed E-state index contributed by atoms with van der Waals surface area (Å²) in [5.74, 6) is 0.740. The molecule has 2 amide bonds. The summed E-state index contributed by atoms with van der Waals surface area (Å²) in [7, 11) is 1.58. The fourth-order valence-corrected chi connectivity index (χ4v) is 3.44. The average Bonchev–Trinajstić information content (AvgIpc) is 3.05. The van der Waals surface area contributed by atoms with Crippen LogP contribution in [-0.2, 0) is 4.79 Å². The molecule has 136 valence electrons. The van der Waals surface area contributed by atoms with Gasteiger partial charge >= 0.3 is 0 Å². The van der Waals surface area contributed by atoms with Gasteiger partial charge in [0.25, 0.3) is 5.91 Å². The number of likely N-dealkylation sites (tertiary alicyclic amines) is 2. The Labute approximate surface area is 148 Å². The molecule has 1 aromatic rings. The van der Waals surface area contributed by atoms with E-state index in [0.29, 0.717) is 17.9 Å². The minimum absolute atomic E-state index is 0.1000. The van der Waals surface area contributed by atoms with E-state index in [-0.39, 0.29) is 17.9 Å². The number of nitrogens with zero attached hydrogens (tertiary/aromatic N) is 3. The van der Waals surface area contributed by atoms with Crippen LogP contribution in [0.2, 0.25) is 0 Å². The van der Waals surface area contributed by atoms with Crippen molar-refractivity contribution < 1.29 is 14.3 Å². The molecule has 2 saturated heterocycles. The molecule has 1 aromatic heterocycles. The average molecular weight is 346 g/mol. The number of aromatic nitrogens is 1. The number of rotatable bonds is 6.